The smallest absolute Gasteiger partial charge is 0.00772 e. The number of aryl methyl sites for hydroxylation is 2. The zero-order valence-electron chi connectivity index (χ0n) is 8.22. The normalized spacial score (nSPS) is 19.4. The molecule has 72 valence electrons. The summed E-state index contributed by atoms with van der Waals surface area (Å²) in [5, 5.41) is 2.27. The van der Waals surface area contributed by atoms with Gasteiger partial charge in [0.2, 0.25) is 0 Å². The highest BCUT2D eigenvalue weighted by Gasteiger charge is 2.05. The number of fused-ring (bicyclic) bond motifs is 1. The summed E-state index contributed by atoms with van der Waals surface area (Å²) in [6, 6.07) is 2.33. The largest absolute Gasteiger partial charge is 0.149 e. The van der Waals surface area contributed by atoms with E-state index in [2.05, 4.69) is 11.4 Å². The van der Waals surface area contributed by atoms with Gasteiger partial charge in [0, 0.05) is 4.88 Å². The van der Waals surface area contributed by atoms with Crippen molar-refractivity contribution in [3.63, 3.8) is 0 Å². The van der Waals surface area contributed by atoms with E-state index in [0.717, 1.165) is 0 Å². The molecule has 0 saturated carbocycles. The highest BCUT2D eigenvalue weighted by atomic mass is 32.1. The molecule has 1 aromatic rings. The Kier molecular flexibility index (Phi) is 3.42. The van der Waals surface area contributed by atoms with Crippen molar-refractivity contribution >= 4 is 11.3 Å². The molecule has 0 nitrogen and oxygen atoms in total. The molecule has 1 aromatic heterocycles. The number of rotatable bonds is 0. The molecule has 13 heavy (non-hydrogen) atoms. The van der Waals surface area contributed by atoms with Gasteiger partial charge < -0.3 is 0 Å². The standard InChI is InChI=1S/C12H18S/c1-2-4-6-8-12-11(7-5-3-1)9-10-13-12/h9-10H,1-8H2. The van der Waals surface area contributed by atoms with Crippen LogP contribution in [0.25, 0.3) is 0 Å². The summed E-state index contributed by atoms with van der Waals surface area (Å²) in [5.41, 5.74) is 1.65. The molecule has 0 bridgehead atoms. The van der Waals surface area contributed by atoms with Crippen LogP contribution in [0.2, 0.25) is 0 Å². The molecule has 0 N–H and O–H groups in total. The molecule has 0 radical (unpaired) electrons. The topological polar surface area (TPSA) is 0 Å². The average molecular weight is 194 g/mol. The van der Waals surface area contributed by atoms with Crippen LogP contribution < -0.4 is 0 Å². The van der Waals surface area contributed by atoms with Crippen LogP contribution in [0.15, 0.2) is 11.4 Å². The first-order valence-corrected chi connectivity index (χ1v) is 6.40. The maximum absolute atomic E-state index is 2.33. The Labute approximate surface area is 85.0 Å². The summed E-state index contributed by atoms with van der Waals surface area (Å²) >= 11 is 1.96. The van der Waals surface area contributed by atoms with Crippen LogP contribution in [0.4, 0.5) is 0 Å². The van der Waals surface area contributed by atoms with Gasteiger partial charge in [-0.15, -0.1) is 11.3 Å². The van der Waals surface area contributed by atoms with Crippen molar-refractivity contribution in [2.45, 2.75) is 51.4 Å². The van der Waals surface area contributed by atoms with Gasteiger partial charge in [-0.2, -0.15) is 0 Å². The van der Waals surface area contributed by atoms with Crippen molar-refractivity contribution in [2.75, 3.05) is 0 Å². The lowest BCUT2D eigenvalue weighted by Gasteiger charge is -2.07. The van der Waals surface area contributed by atoms with Gasteiger partial charge in [-0.05, 0) is 42.7 Å². The van der Waals surface area contributed by atoms with Crippen molar-refractivity contribution in [3.8, 4) is 0 Å². The Bertz CT molecular complexity index is 225. The van der Waals surface area contributed by atoms with E-state index >= 15 is 0 Å². The molecular weight excluding hydrogens is 176 g/mol. The molecule has 0 spiro atoms. The molecule has 1 heterocycles. The van der Waals surface area contributed by atoms with Crippen LogP contribution in [-0.2, 0) is 12.8 Å². The summed E-state index contributed by atoms with van der Waals surface area (Å²) in [7, 11) is 0. The summed E-state index contributed by atoms with van der Waals surface area (Å²) in [4.78, 5) is 1.67. The monoisotopic (exact) mass is 194 g/mol. The van der Waals surface area contributed by atoms with E-state index in [9.17, 15) is 0 Å². The van der Waals surface area contributed by atoms with Crippen LogP contribution in [0.3, 0.4) is 0 Å². The van der Waals surface area contributed by atoms with Gasteiger partial charge in [-0.3, -0.25) is 0 Å². The fraction of sp³-hybridized carbons (Fsp3) is 0.667. The van der Waals surface area contributed by atoms with E-state index in [1.54, 1.807) is 10.4 Å². The van der Waals surface area contributed by atoms with Gasteiger partial charge in [0.15, 0.2) is 0 Å². The van der Waals surface area contributed by atoms with Crippen molar-refractivity contribution < 1.29 is 0 Å². The van der Waals surface area contributed by atoms with Gasteiger partial charge in [-0.1, -0.05) is 25.7 Å². The molecule has 0 aromatic carbocycles. The lowest BCUT2D eigenvalue weighted by molar-refractivity contribution is 0.584. The fourth-order valence-electron chi connectivity index (χ4n) is 2.12. The van der Waals surface area contributed by atoms with Crippen LogP contribution >= 0.6 is 11.3 Å². The quantitative estimate of drug-likeness (QED) is 0.581. The molecule has 0 saturated heterocycles. The zero-order valence-corrected chi connectivity index (χ0v) is 9.04. The van der Waals surface area contributed by atoms with Gasteiger partial charge in [0.1, 0.15) is 0 Å². The number of thiophene rings is 1. The van der Waals surface area contributed by atoms with Crippen molar-refractivity contribution in [2.24, 2.45) is 0 Å². The molecule has 0 aliphatic heterocycles. The van der Waals surface area contributed by atoms with Crippen LogP contribution in [-0.4, -0.2) is 0 Å². The number of hydrogen-bond acceptors (Lipinski definition) is 1. The lowest BCUT2D eigenvalue weighted by Crippen LogP contribution is -1.93. The first-order chi connectivity index (χ1) is 6.47. The van der Waals surface area contributed by atoms with Gasteiger partial charge in [0.25, 0.3) is 0 Å². The molecule has 1 heteroatoms. The molecule has 0 atom stereocenters. The van der Waals surface area contributed by atoms with Crippen molar-refractivity contribution in [1.82, 2.24) is 0 Å². The molecule has 0 unspecified atom stereocenters. The van der Waals surface area contributed by atoms with Crippen LogP contribution in [0.1, 0.15) is 49.0 Å². The lowest BCUT2D eigenvalue weighted by atomic mass is 10.0. The predicted octanol–water partition coefficient (Wildman–Crippen LogP) is 4.19. The third-order valence-electron chi connectivity index (χ3n) is 2.94. The van der Waals surface area contributed by atoms with Crippen LogP contribution in [0, 0.1) is 0 Å². The average Bonchev–Trinajstić information content (AvgIpc) is 2.59. The van der Waals surface area contributed by atoms with Gasteiger partial charge in [0.05, 0.1) is 0 Å². The summed E-state index contributed by atoms with van der Waals surface area (Å²) in [5.74, 6) is 0. The van der Waals surface area contributed by atoms with Crippen LogP contribution in [0.5, 0.6) is 0 Å². The van der Waals surface area contributed by atoms with E-state index in [4.69, 9.17) is 0 Å². The Morgan fingerprint density at radius 3 is 2.38 bits per heavy atom. The minimum absolute atomic E-state index is 1.33. The third-order valence-corrected chi connectivity index (χ3v) is 3.96. The minimum atomic E-state index is 1.33. The molecule has 1 aliphatic rings. The fourth-order valence-corrected chi connectivity index (χ4v) is 3.10. The highest BCUT2D eigenvalue weighted by molar-refractivity contribution is 7.10. The van der Waals surface area contributed by atoms with Crippen molar-refractivity contribution in [3.05, 3.63) is 21.9 Å². The second-order valence-electron chi connectivity index (χ2n) is 3.99. The minimum Gasteiger partial charge on any atom is -0.149 e. The van der Waals surface area contributed by atoms with E-state index < -0.39 is 0 Å². The zero-order chi connectivity index (χ0) is 8.93. The summed E-state index contributed by atoms with van der Waals surface area (Å²) < 4.78 is 0. The number of hydrogen-bond donors (Lipinski definition) is 0. The second kappa shape index (κ2) is 4.80. The summed E-state index contributed by atoms with van der Waals surface area (Å²) in [6.07, 6.45) is 11.3. The van der Waals surface area contributed by atoms with Gasteiger partial charge >= 0.3 is 0 Å². The molecule has 1 aliphatic carbocycles. The molecule has 2 rings (SSSR count). The SMILES string of the molecule is c1cc2c(s1)CCCCCCCC2. The van der Waals surface area contributed by atoms with E-state index in [-0.39, 0.29) is 0 Å². The van der Waals surface area contributed by atoms with Gasteiger partial charge in [-0.25, -0.2) is 0 Å². The second-order valence-corrected chi connectivity index (χ2v) is 4.99. The Balaban J connectivity index is 2.03. The maximum Gasteiger partial charge on any atom is 0.00772 e. The Morgan fingerprint density at radius 2 is 1.54 bits per heavy atom. The van der Waals surface area contributed by atoms with E-state index in [1.165, 1.54) is 51.4 Å². The first-order valence-electron chi connectivity index (χ1n) is 5.52. The summed E-state index contributed by atoms with van der Waals surface area (Å²) in [6.45, 7) is 0. The predicted molar refractivity (Wildman–Crippen MR) is 59.4 cm³/mol. The Hall–Kier alpha value is -0.300. The van der Waals surface area contributed by atoms with E-state index in [1.807, 2.05) is 11.3 Å². The first kappa shape index (κ1) is 9.26. The molecule has 0 amide bonds. The third kappa shape index (κ3) is 2.57. The van der Waals surface area contributed by atoms with Crippen molar-refractivity contribution in [1.29, 1.82) is 0 Å². The maximum atomic E-state index is 2.33. The highest BCUT2D eigenvalue weighted by Crippen LogP contribution is 2.23. The van der Waals surface area contributed by atoms with E-state index in [0.29, 0.717) is 0 Å². The molecular formula is C12H18S. The molecule has 0 fully saturated rings. The Morgan fingerprint density at radius 1 is 0.846 bits per heavy atom.